The predicted molar refractivity (Wildman–Crippen MR) is 122 cm³/mol. The van der Waals surface area contributed by atoms with Crippen LogP contribution in [-0.2, 0) is 18.6 Å². The molecule has 1 fully saturated rings. The van der Waals surface area contributed by atoms with Gasteiger partial charge in [-0.2, -0.15) is 0 Å². The molecule has 0 bridgehead atoms. The fourth-order valence-electron chi connectivity index (χ4n) is 4.71. The Morgan fingerprint density at radius 3 is 2.59 bits per heavy atom. The number of benzene rings is 2. The molecule has 1 aromatic heterocycles. The van der Waals surface area contributed by atoms with Gasteiger partial charge in [0.05, 0.1) is 11.3 Å². The van der Waals surface area contributed by atoms with Gasteiger partial charge in [-0.25, -0.2) is 4.79 Å². The summed E-state index contributed by atoms with van der Waals surface area (Å²) >= 11 is 6.14. The summed E-state index contributed by atoms with van der Waals surface area (Å²) in [6.45, 7) is 3.33. The molecule has 2 aliphatic rings. The number of fused-ring (bicyclic) bond motifs is 2. The molecule has 7 heteroatoms. The Kier molecular flexibility index (Phi) is 5.10. The van der Waals surface area contributed by atoms with Gasteiger partial charge in [0.2, 0.25) is 0 Å². The third kappa shape index (κ3) is 3.31. The van der Waals surface area contributed by atoms with Crippen molar-refractivity contribution in [2.45, 2.75) is 25.6 Å². The normalized spacial score (nSPS) is 19.5. The van der Waals surface area contributed by atoms with Gasteiger partial charge in [-0.1, -0.05) is 53.6 Å². The minimum absolute atomic E-state index is 0.108. The maximum atomic E-state index is 13.4. The average molecular weight is 447 g/mol. The highest BCUT2D eigenvalue weighted by Crippen LogP contribution is 2.44. The van der Waals surface area contributed by atoms with E-state index in [0.717, 1.165) is 11.1 Å². The van der Waals surface area contributed by atoms with E-state index in [1.165, 1.54) is 5.56 Å². The maximum Gasteiger partial charge on any atom is 0.319 e. The van der Waals surface area contributed by atoms with Gasteiger partial charge in [-0.15, -0.1) is 0 Å². The molecule has 0 saturated carbocycles. The highest BCUT2D eigenvalue weighted by molar-refractivity contribution is 6.30. The van der Waals surface area contributed by atoms with Crippen LogP contribution in [0.1, 0.15) is 32.7 Å². The first kappa shape index (κ1) is 20.5. The minimum atomic E-state index is -0.944. The van der Waals surface area contributed by atoms with Gasteiger partial charge in [0.1, 0.15) is 0 Å². The van der Waals surface area contributed by atoms with Crippen molar-refractivity contribution < 1.29 is 9.59 Å². The Balaban J connectivity index is 1.52. The Morgan fingerprint density at radius 1 is 1.09 bits per heavy atom. The molecule has 3 heterocycles. The molecule has 2 aromatic carbocycles. The topological polar surface area (TPSA) is 65.5 Å². The van der Waals surface area contributed by atoms with Crippen LogP contribution in [0, 0.1) is 6.92 Å². The monoisotopic (exact) mass is 446 g/mol. The molecule has 2 aliphatic heterocycles. The summed E-state index contributed by atoms with van der Waals surface area (Å²) in [5, 5.41) is 3.64. The molecular weight excluding hydrogens is 424 g/mol. The number of rotatable bonds is 3. The summed E-state index contributed by atoms with van der Waals surface area (Å²) in [5.74, 6) is -0.108. The predicted octanol–water partition coefficient (Wildman–Crippen LogP) is 4.12. The number of carbonyl (C=O) groups is 2. The standard InChI is InChI=1S/C25H23ClN4O2/c1-17-4-6-18(7-5-17)16-28-24(32)30-14-13-29-23(31)21-3-2-12-27-22(21)15-25(29,30)19-8-10-20(26)11-9-19/h2-12H,13-16H2,1H3,(H,28,32)/t25-/m0/s1. The summed E-state index contributed by atoms with van der Waals surface area (Å²) in [5.41, 5.74) is 3.38. The first-order valence-corrected chi connectivity index (χ1v) is 11.0. The second-order valence-corrected chi connectivity index (χ2v) is 8.69. The maximum absolute atomic E-state index is 13.4. The summed E-state index contributed by atoms with van der Waals surface area (Å²) < 4.78 is 0. The van der Waals surface area contributed by atoms with Crippen LogP contribution in [0.15, 0.2) is 66.9 Å². The van der Waals surface area contributed by atoms with Gasteiger partial charge < -0.3 is 10.2 Å². The first-order valence-electron chi connectivity index (χ1n) is 10.6. The lowest BCUT2D eigenvalue weighted by Crippen LogP contribution is -2.60. The molecule has 0 unspecified atom stereocenters. The minimum Gasteiger partial charge on any atom is -0.334 e. The zero-order valence-corrected chi connectivity index (χ0v) is 18.5. The summed E-state index contributed by atoms with van der Waals surface area (Å²) in [6.07, 6.45) is 2.11. The molecule has 0 radical (unpaired) electrons. The number of aryl methyl sites for hydroxylation is 1. The van der Waals surface area contributed by atoms with E-state index in [1.807, 2.05) is 43.3 Å². The number of urea groups is 1. The molecule has 1 N–H and O–H groups in total. The van der Waals surface area contributed by atoms with Crippen molar-refractivity contribution in [2.24, 2.45) is 0 Å². The molecular formula is C25H23ClN4O2. The Labute approximate surface area is 191 Å². The van der Waals surface area contributed by atoms with Crippen molar-refractivity contribution in [3.05, 3.63) is 99.8 Å². The van der Waals surface area contributed by atoms with Crippen LogP contribution in [0.3, 0.4) is 0 Å². The third-order valence-electron chi connectivity index (χ3n) is 6.34. The van der Waals surface area contributed by atoms with E-state index in [0.29, 0.717) is 42.3 Å². The number of hydrogen-bond donors (Lipinski definition) is 1. The molecule has 0 spiro atoms. The van der Waals surface area contributed by atoms with Gasteiger partial charge >= 0.3 is 6.03 Å². The lowest BCUT2D eigenvalue weighted by molar-refractivity contribution is 0.0194. The van der Waals surface area contributed by atoms with E-state index in [1.54, 1.807) is 40.3 Å². The molecule has 6 nitrogen and oxygen atoms in total. The Bertz CT molecular complexity index is 1180. The highest BCUT2D eigenvalue weighted by Gasteiger charge is 2.56. The summed E-state index contributed by atoms with van der Waals surface area (Å²) in [4.78, 5) is 34.9. The lowest BCUT2D eigenvalue weighted by Gasteiger charge is -2.46. The number of nitrogens with one attached hydrogen (secondary N) is 1. The molecule has 3 aromatic rings. The quantitative estimate of drug-likeness (QED) is 0.658. The molecule has 1 saturated heterocycles. The van der Waals surface area contributed by atoms with E-state index in [2.05, 4.69) is 10.3 Å². The highest BCUT2D eigenvalue weighted by atomic mass is 35.5. The van der Waals surface area contributed by atoms with Gasteiger partial charge in [0.25, 0.3) is 5.91 Å². The smallest absolute Gasteiger partial charge is 0.319 e. The van der Waals surface area contributed by atoms with Crippen molar-refractivity contribution in [1.29, 1.82) is 0 Å². The van der Waals surface area contributed by atoms with Gasteiger partial charge in [0, 0.05) is 37.3 Å². The number of pyridine rings is 1. The number of carbonyl (C=O) groups excluding carboxylic acids is 2. The number of nitrogens with zero attached hydrogens (tertiary/aromatic N) is 3. The van der Waals surface area contributed by atoms with Crippen molar-refractivity contribution in [3.8, 4) is 0 Å². The van der Waals surface area contributed by atoms with Crippen LogP contribution in [0.2, 0.25) is 5.02 Å². The van der Waals surface area contributed by atoms with E-state index < -0.39 is 5.66 Å². The van der Waals surface area contributed by atoms with Crippen molar-refractivity contribution in [3.63, 3.8) is 0 Å². The van der Waals surface area contributed by atoms with E-state index in [-0.39, 0.29) is 11.9 Å². The molecule has 3 amide bonds. The van der Waals surface area contributed by atoms with E-state index >= 15 is 0 Å². The number of aromatic nitrogens is 1. The number of halogens is 1. The van der Waals surface area contributed by atoms with E-state index in [4.69, 9.17) is 11.6 Å². The molecule has 5 rings (SSSR count). The lowest BCUT2D eigenvalue weighted by atomic mass is 9.86. The molecule has 32 heavy (non-hydrogen) atoms. The van der Waals surface area contributed by atoms with Crippen LogP contribution in [-0.4, -0.2) is 39.8 Å². The number of amides is 3. The summed E-state index contributed by atoms with van der Waals surface area (Å²) in [7, 11) is 0. The average Bonchev–Trinajstić information content (AvgIpc) is 3.20. The van der Waals surface area contributed by atoms with Crippen molar-refractivity contribution >= 4 is 23.5 Å². The van der Waals surface area contributed by atoms with Crippen LogP contribution < -0.4 is 5.32 Å². The molecule has 1 atom stereocenters. The van der Waals surface area contributed by atoms with Crippen LogP contribution >= 0.6 is 11.6 Å². The Morgan fingerprint density at radius 2 is 1.84 bits per heavy atom. The molecule has 0 aliphatic carbocycles. The fraction of sp³-hybridized carbons (Fsp3) is 0.240. The van der Waals surface area contributed by atoms with Crippen LogP contribution in [0.5, 0.6) is 0 Å². The second kappa shape index (κ2) is 7.95. The van der Waals surface area contributed by atoms with Crippen molar-refractivity contribution in [1.82, 2.24) is 20.1 Å². The van der Waals surface area contributed by atoms with Crippen molar-refractivity contribution in [2.75, 3.05) is 13.1 Å². The summed E-state index contributed by atoms with van der Waals surface area (Å²) in [6, 6.07) is 18.8. The van der Waals surface area contributed by atoms with E-state index in [9.17, 15) is 9.59 Å². The SMILES string of the molecule is Cc1ccc(CNC(=O)N2CCN3C(=O)c4cccnc4C[C@@]23c2ccc(Cl)cc2)cc1. The zero-order chi connectivity index (χ0) is 22.3. The van der Waals surface area contributed by atoms with Gasteiger partial charge in [-0.3, -0.25) is 14.7 Å². The first-order chi connectivity index (χ1) is 15.5. The fourth-order valence-corrected chi connectivity index (χ4v) is 4.83. The Hall–Kier alpha value is -3.38. The third-order valence-corrected chi connectivity index (χ3v) is 6.59. The second-order valence-electron chi connectivity index (χ2n) is 8.25. The number of hydrogen-bond acceptors (Lipinski definition) is 3. The van der Waals surface area contributed by atoms with Crippen LogP contribution in [0.4, 0.5) is 4.79 Å². The van der Waals surface area contributed by atoms with Crippen LogP contribution in [0.25, 0.3) is 0 Å². The largest absolute Gasteiger partial charge is 0.334 e. The zero-order valence-electron chi connectivity index (χ0n) is 17.7. The van der Waals surface area contributed by atoms with Gasteiger partial charge in [-0.05, 0) is 42.3 Å². The molecule has 162 valence electrons. The van der Waals surface area contributed by atoms with Gasteiger partial charge in [0.15, 0.2) is 5.66 Å².